The molecule has 2 heteroatoms. The second kappa shape index (κ2) is 8.42. The lowest BCUT2D eigenvalue weighted by Gasteiger charge is -2.35. The predicted octanol–water partition coefficient (Wildman–Crippen LogP) is 10.4. The largest absolute Gasteiger partial charge is 0.0799 e. The molecule has 0 saturated heterocycles. The first-order valence-electron chi connectivity index (χ1n) is 13.3. The summed E-state index contributed by atoms with van der Waals surface area (Å²) in [6.07, 6.45) is 17.5. The van der Waals surface area contributed by atoms with E-state index in [9.17, 15) is 0 Å². The Morgan fingerprint density at radius 3 is 2.16 bits per heavy atom. The maximum Gasteiger partial charge on any atom is 0.0691 e. The highest BCUT2D eigenvalue weighted by Crippen LogP contribution is 2.63. The number of alkyl halides is 1. The molecule has 188 valence electrons. The van der Waals surface area contributed by atoms with E-state index in [1.54, 1.807) is 0 Å². The van der Waals surface area contributed by atoms with Gasteiger partial charge in [-0.1, -0.05) is 140 Å². The zero-order chi connectivity index (χ0) is 26.3. The zero-order valence-corrected chi connectivity index (χ0v) is 25.7. The fraction of sp³-hybridized carbons (Fsp3) is 0.314. The van der Waals surface area contributed by atoms with E-state index in [1.807, 2.05) is 0 Å². The molecule has 0 N–H and O–H groups in total. The number of hydrogen-bond donors (Lipinski definition) is 0. The third-order valence-corrected chi connectivity index (χ3v) is 9.55. The van der Waals surface area contributed by atoms with Gasteiger partial charge in [0.25, 0.3) is 0 Å². The average molecular weight is 614 g/mol. The zero-order valence-electron chi connectivity index (χ0n) is 22.5. The second-order valence-corrected chi connectivity index (χ2v) is 14.8. The van der Waals surface area contributed by atoms with Crippen LogP contribution in [0, 0.1) is 5.41 Å². The molecule has 0 nitrogen and oxygen atoms in total. The van der Waals surface area contributed by atoms with Crippen molar-refractivity contribution in [1.82, 2.24) is 0 Å². The Labute approximate surface area is 238 Å². The summed E-state index contributed by atoms with van der Waals surface area (Å²) in [7, 11) is 0. The van der Waals surface area contributed by atoms with E-state index in [1.165, 1.54) is 55.7 Å². The second-order valence-electron chi connectivity index (χ2n) is 12.8. The Bertz CT molecular complexity index is 1520. The Morgan fingerprint density at radius 1 is 0.757 bits per heavy atom. The molecule has 0 bridgehead atoms. The molecular formula is C35H34Br2. The lowest BCUT2D eigenvalue weighted by atomic mass is 9.67. The van der Waals surface area contributed by atoms with Gasteiger partial charge in [-0.2, -0.15) is 0 Å². The molecule has 0 aromatic heterocycles. The summed E-state index contributed by atoms with van der Waals surface area (Å²) in [5.74, 6) is 0. The smallest absolute Gasteiger partial charge is 0.0691 e. The third kappa shape index (κ3) is 3.73. The number of allylic oxidation sites excluding steroid dienone is 12. The predicted molar refractivity (Wildman–Crippen MR) is 166 cm³/mol. The van der Waals surface area contributed by atoms with Crippen molar-refractivity contribution in [3.05, 3.63) is 128 Å². The average Bonchev–Trinajstić information content (AvgIpc) is 3.00. The van der Waals surface area contributed by atoms with Gasteiger partial charge in [0.15, 0.2) is 0 Å². The van der Waals surface area contributed by atoms with Gasteiger partial charge >= 0.3 is 0 Å². The van der Waals surface area contributed by atoms with Gasteiger partial charge in [-0.15, -0.1) is 0 Å². The van der Waals surface area contributed by atoms with Crippen molar-refractivity contribution in [3.8, 4) is 0 Å². The van der Waals surface area contributed by atoms with Crippen molar-refractivity contribution in [2.75, 3.05) is 0 Å². The van der Waals surface area contributed by atoms with Crippen LogP contribution in [0.1, 0.15) is 75.8 Å². The van der Waals surface area contributed by atoms with E-state index < -0.39 is 0 Å². The summed E-state index contributed by atoms with van der Waals surface area (Å²) in [4.78, 5) is 0.227. The first-order valence-corrected chi connectivity index (χ1v) is 15.0. The Hall–Kier alpha value is -2.16. The van der Waals surface area contributed by atoms with Crippen LogP contribution in [-0.2, 0) is 10.8 Å². The summed E-state index contributed by atoms with van der Waals surface area (Å²) in [5.41, 5.74) is 13.8. The van der Waals surface area contributed by atoms with Gasteiger partial charge in [0.1, 0.15) is 0 Å². The SMILES string of the molecule is CC(C)(C)C1=CCC2=C(C=C1)c1ccc(C(C)(C)C)cc1C21C2=C(C=CC(Br)C=C2)c2ccc(Br)cc21. The summed E-state index contributed by atoms with van der Waals surface area (Å²) < 4.78 is 1.13. The molecule has 2 aromatic carbocycles. The minimum atomic E-state index is -0.313. The highest BCUT2D eigenvalue weighted by Gasteiger charge is 2.53. The Morgan fingerprint density at radius 2 is 1.43 bits per heavy atom. The van der Waals surface area contributed by atoms with Crippen LogP contribution in [0.25, 0.3) is 11.1 Å². The number of benzene rings is 2. The summed E-state index contributed by atoms with van der Waals surface area (Å²) in [5, 5.41) is 0. The van der Waals surface area contributed by atoms with Gasteiger partial charge in [-0.3, -0.25) is 0 Å². The molecule has 0 heterocycles. The number of fused-ring (bicyclic) bond motifs is 8. The lowest BCUT2D eigenvalue weighted by molar-refractivity contribution is 0.515. The standard InChI is InChI=1S/C35H34Br2/c1-33(2,3)21-7-13-25-27-14-8-22(34(4,5)6)19-31(27)35(29(25)17-9-21)30-18-12-23(36)10-15-26(30)28-16-11-24(37)20-32(28)35/h7-16,18-20,23H,17H2,1-6H3. The van der Waals surface area contributed by atoms with Crippen molar-refractivity contribution in [2.45, 2.75) is 63.6 Å². The normalized spacial score (nSPS) is 24.1. The molecule has 0 saturated carbocycles. The molecule has 6 rings (SSSR count). The molecule has 0 aliphatic heterocycles. The minimum Gasteiger partial charge on any atom is -0.0799 e. The van der Waals surface area contributed by atoms with Crippen LogP contribution in [0.3, 0.4) is 0 Å². The van der Waals surface area contributed by atoms with Gasteiger partial charge in [0.05, 0.1) is 10.2 Å². The van der Waals surface area contributed by atoms with Crippen LogP contribution in [-0.4, -0.2) is 4.83 Å². The molecule has 37 heavy (non-hydrogen) atoms. The van der Waals surface area contributed by atoms with E-state index in [0.29, 0.717) is 0 Å². The molecular weight excluding hydrogens is 580 g/mol. The summed E-state index contributed by atoms with van der Waals surface area (Å²) >= 11 is 7.68. The van der Waals surface area contributed by atoms with E-state index in [2.05, 4.69) is 152 Å². The molecule has 4 aliphatic rings. The van der Waals surface area contributed by atoms with Crippen LogP contribution >= 0.6 is 31.9 Å². The van der Waals surface area contributed by atoms with Gasteiger partial charge in [0.2, 0.25) is 0 Å². The van der Waals surface area contributed by atoms with Crippen molar-refractivity contribution in [1.29, 1.82) is 0 Å². The van der Waals surface area contributed by atoms with E-state index >= 15 is 0 Å². The van der Waals surface area contributed by atoms with Crippen LogP contribution in [0.2, 0.25) is 0 Å². The first kappa shape index (κ1) is 25.1. The van der Waals surface area contributed by atoms with E-state index in [4.69, 9.17) is 0 Å². The van der Waals surface area contributed by atoms with Gasteiger partial charge in [0, 0.05) is 4.47 Å². The number of halogens is 2. The van der Waals surface area contributed by atoms with E-state index in [0.717, 1.165) is 10.9 Å². The van der Waals surface area contributed by atoms with Crippen molar-refractivity contribution < 1.29 is 0 Å². The van der Waals surface area contributed by atoms with E-state index in [-0.39, 0.29) is 21.1 Å². The van der Waals surface area contributed by atoms with Crippen LogP contribution in [0.15, 0.2) is 100 Å². The highest BCUT2D eigenvalue weighted by molar-refractivity contribution is 9.10. The van der Waals surface area contributed by atoms with Crippen molar-refractivity contribution in [3.63, 3.8) is 0 Å². The molecule has 0 fully saturated rings. The molecule has 2 aromatic rings. The maximum absolute atomic E-state index is 3.84. The summed E-state index contributed by atoms with van der Waals surface area (Å²) in [6.45, 7) is 13.9. The molecule has 2 unspecified atom stereocenters. The van der Waals surface area contributed by atoms with Crippen LogP contribution in [0.5, 0.6) is 0 Å². The quantitative estimate of drug-likeness (QED) is 0.259. The topological polar surface area (TPSA) is 0 Å². The molecule has 0 radical (unpaired) electrons. The van der Waals surface area contributed by atoms with Crippen LogP contribution in [0.4, 0.5) is 0 Å². The molecule has 0 amide bonds. The highest BCUT2D eigenvalue weighted by atomic mass is 79.9. The lowest BCUT2D eigenvalue weighted by Crippen LogP contribution is -2.29. The number of hydrogen-bond acceptors (Lipinski definition) is 0. The fourth-order valence-electron chi connectivity index (χ4n) is 6.55. The van der Waals surface area contributed by atoms with Gasteiger partial charge in [-0.25, -0.2) is 0 Å². The first-order chi connectivity index (χ1) is 17.4. The Kier molecular flexibility index (Phi) is 5.72. The van der Waals surface area contributed by atoms with Crippen molar-refractivity contribution in [2.24, 2.45) is 5.41 Å². The van der Waals surface area contributed by atoms with Crippen molar-refractivity contribution >= 4 is 43.0 Å². The maximum atomic E-state index is 3.84. The van der Waals surface area contributed by atoms with Crippen LogP contribution < -0.4 is 0 Å². The molecule has 1 spiro atoms. The Balaban J connectivity index is 1.74. The summed E-state index contributed by atoms with van der Waals surface area (Å²) in [6, 6.07) is 14.1. The third-order valence-electron chi connectivity index (χ3n) is 8.44. The van der Waals surface area contributed by atoms with Gasteiger partial charge in [-0.05, 0) is 85.1 Å². The number of rotatable bonds is 0. The fourth-order valence-corrected chi connectivity index (χ4v) is 7.22. The minimum absolute atomic E-state index is 0.0709. The molecule has 4 aliphatic carbocycles. The monoisotopic (exact) mass is 612 g/mol. The molecule has 2 atom stereocenters. The van der Waals surface area contributed by atoms with Gasteiger partial charge < -0.3 is 0 Å².